The molecule has 6 heteroatoms. The molecule has 0 aromatic carbocycles. The number of esters is 1. The highest BCUT2D eigenvalue weighted by molar-refractivity contribution is 5.73. The standard InChI is InChI=1S/C24H44O6/c1-2-3-4-5-6-7-8-9-10-11-12-13-14-15-16-20(24(28)29-18-17-25)23-22(27)21(26)19-30-23/h9-10,20-23,25-27H,2-8,11-19H2,1H3/b10-9-. The number of allylic oxidation sites excluding steroid dienone is 2. The van der Waals surface area contributed by atoms with Crippen molar-refractivity contribution in [3.63, 3.8) is 0 Å². The zero-order valence-corrected chi connectivity index (χ0v) is 18.8. The molecule has 1 saturated heterocycles. The van der Waals surface area contributed by atoms with E-state index in [0.29, 0.717) is 6.42 Å². The highest BCUT2D eigenvalue weighted by Gasteiger charge is 2.43. The number of rotatable bonds is 18. The molecule has 1 heterocycles. The van der Waals surface area contributed by atoms with Crippen LogP contribution in [0, 0.1) is 5.92 Å². The number of ether oxygens (including phenoxy) is 2. The van der Waals surface area contributed by atoms with Crippen LogP contribution >= 0.6 is 0 Å². The molecule has 0 saturated carbocycles. The van der Waals surface area contributed by atoms with Gasteiger partial charge in [-0.15, -0.1) is 0 Å². The van der Waals surface area contributed by atoms with Gasteiger partial charge in [-0.2, -0.15) is 0 Å². The third-order valence-corrected chi connectivity index (χ3v) is 5.75. The second-order valence-electron chi connectivity index (χ2n) is 8.37. The second-order valence-corrected chi connectivity index (χ2v) is 8.37. The minimum atomic E-state index is -1.08. The summed E-state index contributed by atoms with van der Waals surface area (Å²) in [6, 6.07) is 0. The van der Waals surface area contributed by atoms with E-state index in [1.165, 1.54) is 44.9 Å². The van der Waals surface area contributed by atoms with Gasteiger partial charge in [-0.05, 0) is 32.1 Å². The maximum absolute atomic E-state index is 12.3. The number of unbranched alkanes of at least 4 members (excludes halogenated alkanes) is 10. The van der Waals surface area contributed by atoms with Gasteiger partial charge in [0.25, 0.3) is 0 Å². The first kappa shape index (κ1) is 27.1. The van der Waals surface area contributed by atoms with Gasteiger partial charge in [0.2, 0.25) is 0 Å². The highest BCUT2D eigenvalue weighted by atomic mass is 16.6. The van der Waals surface area contributed by atoms with E-state index in [1.807, 2.05) is 0 Å². The fraction of sp³-hybridized carbons (Fsp3) is 0.875. The Morgan fingerprint density at radius 3 is 2.17 bits per heavy atom. The number of carbonyl (C=O) groups excluding carboxylic acids is 1. The molecule has 30 heavy (non-hydrogen) atoms. The average molecular weight is 429 g/mol. The summed E-state index contributed by atoms with van der Waals surface area (Å²) in [6.45, 7) is 1.97. The van der Waals surface area contributed by atoms with E-state index in [4.69, 9.17) is 14.6 Å². The van der Waals surface area contributed by atoms with Crippen molar-refractivity contribution in [2.24, 2.45) is 5.92 Å². The molecule has 4 unspecified atom stereocenters. The molecule has 1 fully saturated rings. The third-order valence-electron chi connectivity index (χ3n) is 5.75. The molecule has 176 valence electrons. The summed E-state index contributed by atoms with van der Waals surface area (Å²) < 4.78 is 10.5. The zero-order chi connectivity index (χ0) is 22.0. The Morgan fingerprint density at radius 2 is 1.60 bits per heavy atom. The zero-order valence-electron chi connectivity index (χ0n) is 18.8. The van der Waals surface area contributed by atoms with Gasteiger partial charge < -0.3 is 24.8 Å². The maximum atomic E-state index is 12.3. The van der Waals surface area contributed by atoms with E-state index in [1.54, 1.807) is 0 Å². The summed E-state index contributed by atoms with van der Waals surface area (Å²) >= 11 is 0. The van der Waals surface area contributed by atoms with Crippen LogP contribution in [-0.2, 0) is 14.3 Å². The molecule has 0 amide bonds. The van der Waals surface area contributed by atoms with Gasteiger partial charge in [0, 0.05) is 0 Å². The Morgan fingerprint density at radius 1 is 1.00 bits per heavy atom. The maximum Gasteiger partial charge on any atom is 0.311 e. The lowest BCUT2D eigenvalue weighted by molar-refractivity contribution is -0.156. The fourth-order valence-electron chi connectivity index (χ4n) is 3.91. The van der Waals surface area contributed by atoms with E-state index in [2.05, 4.69) is 19.1 Å². The largest absolute Gasteiger partial charge is 0.463 e. The van der Waals surface area contributed by atoms with Crippen molar-refractivity contribution in [2.75, 3.05) is 19.8 Å². The number of hydrogen-bond donors (Lipinski definition) is 3. The summed E-state index contributed by atoms with van der Waals surface area (Å²) in [5.41, 5.74) is 0. The van der Waals surface area contributed by atoms with Gasteiger partial charge in [-0.25, -0.2) is 0 Å². The molecule has 6 nitrogen and oxygen atoms in total. The first-order valence-electron chi connectivity index (χ1n) is 12.0. The number of aliphatic hydroxyl groups excluding tert-OH is 3. The predicted molar refractivity (Wildman–Crippen MR) is 118 cm³/mol. The van der Waals surface area contributed by atoms with Crippen molar-refractivity contribution in [1.29, 1.82) is 0 Å². The predicted octanol–water partition coefficient (Wildman–Crippen LogP) is 3.91. The smallest absolute Gasteiger partial charge is 0.311 e. The van der Waals surface area contributed by atoms with Crippen molar-refractivity contribution in [3.05, 3.63) is 12.2 Å². The Labute approximate surface area is 182 Å². The Bertz CT molecular complexity index is 453. The quantitative estimate of drug-likeness (QED) is 0.174. The first-order chi connectivity index (χ1) is 14.6. The molecule has 4 atom stereocenters. The van der Waals surface area contributed by atoms with Crippen LogP contribution in [0.4, 0.5) is 0 Å². The van der Waals surface area contributed by atoms with Gasteiger partial charge >= 0.3 is 5.97 Å². The van der Waals surface area contributed by atoms with E-state index >= 15 is 0 Å². The summed E-state index contributed by atoms with van der Waals surface area (Å²) in [5.74, 6) is -1.08. The lowest BCUT2D eigenvalue weighted by atomic mass is 9.91. The van der Waals surface area contributed by atoms with E-state index in [0.717, 1.165) is 32.1 Å². The summed E-state index contributed by atoms with van der Waals surface area (Å²) in [4.78, 5) is 12.3. The van der Waals surface area contributed by atoms with Crippen LogP contribution in [0.2, 0.25) is 0 Å². The van der Waals surface area contributed by atoms with Gasteiger partial charge in [0.05, 0.1) is 25.2 Å². The normalized spacial score (nSPS) is 22.6. The minimum Gasteiger partial charge on any atom is -0.463 e. The van der Waals surface area contributed by atoms with E-state index in [-0.39, 0.29) is 19.8 Å². The SMILES string of the molecule is CCCCCCCC/C=C\CCCCCCC(C(=O)OCCO)C1OCC(O)C1O. The number of carbonyl (C=O) groups is 1. The molecule has 0 aromatic heterocycles. The fourth-order valence-corrected chi connectivity index (χ4v) is 3.91. The van der Waals surface area contributed by atoms with Crippen LogP contribution in [0.5, 0.6) is 0 Å². The molecule has 3 N–H and O–H groups in total. The van der Waals surface area contributed by atoms with E-state index < -0.39 is 30.2 Å². The molecule has 0 spiro atoms. The molecular weight excluding hydrogens is 384 g/mol. The lowest BCUT2D eigenvalue weighted by Crippen LogP contribution is -2.40. The summed E-state index contributed by atoms with van der Waals surface area (Å²) in [6.07, 6.45) is 16.7. The van der Waals surface area contributed by atoms with Gasteiger partial charge in [0.1, 0.15) is 18.8 Å². The summed E-state index contributed by atoms with van der Waals surface area (Å²) in [7, 11) is 0. The Hall–Kier alpha value is -0.950. The second kappa shape index (κ2) is 17.7. The molecule has 1 aliphatic heterocycles. The van der Waals surface area contributed by atoms with Gasteiger partial charge in [0.15, 0.2) is 0 Å². The monoisotopic (exact) mass is 428 g/mol. The molecule has 0 aromatic rings. The van der Waals surface area contributed by atoms with Crippen LogP contribution < -0.4 is 0 Å². The van der Waals surface area contributed by atoms with Crippen LogP contribution in [0.3, 0.4) is 0 Å². The molecule has 0 bridgehead atoms. The van der Waals surface area contributed by atoms with Crippen molar-refractivity contribution >= 4 is 5.97 Å². The van der Waals surface area contributed by atoms with Crippen molar-refractivity contribution in [2.45, 2.75) is 109 Å². The highest BCUT2D eigenvalue weighted by Crippen LogP contribution is 2.27. The summed E-state index contributed by atoms with van der Waals surface area (Å²) in [5, 5.41) is 28.6. The first-order valence-corrected chi connectivity index (χ1v) is 12.0. The van der Waals surface area contributed by atoms with Crippen molar-refractivity contribution in [1.82, 2.24) is 0 Å². The number of hydrogen-bond acceptors (Lipinski definition) is 6. The Kier molecular flexibility index (Phi) is 16.0. The molecule has 0 radical (unpaired) electrons. The van der Waals surface area contributed by atoms with Crippen LogP contribution in [-0.4, -0.2) is 59.4 Å². The molecular formula is C24H44O6. The van der Waals surface area contributed by atoms with Crippen molar-refractivity contribution < 1.29 is 29.6 Å². The van der Waals surface area contributed by atoms with Gasteiger partial charge in [-0.3, -0.25) is 4.79 Å². The van der Waals surface area contributed by atoms with Crippen LogP contribution in [0.15, 0.2) is 12.2 Å². The van der Waals surface area contributed by atoms with Gasteiger partial charge in [-0.1, -0.05) is 70.4 Å². The minimum absolute atomic E-state index is 0.0285. The third kappa shape index (κ3) is 11.4. The molecule has 0 aliphatic carbocycles. The van der Waals surface area contributed by atoms with Crippen LogP contribution in [0.25, 0.3) is 0 Å². The Balaban J connectivity index is 2.15. The number of aliphatic hydroxyl groups is 3. The molecule has 1 aliphatic rings. The van der Waals surface area contributed by atoms with E-state index in [9.17, 15) is 15.0 Å². The lowest BCUT2D eigenvalue weighted by Gasteiger charge is -2.24. The average Bonchev–Trinajstić information content (AvgIpc) is 3.07. The van der Waals surface area contributed by atoms with Crippen molar-refractivity contribution in [3.8, 4) is 0 Å². The topological polar surface area (TPSA) is 96.2 Å². The molecule has 1 rings (SSSR count). The van der Waals surface area contributed by atoms with Crippen LogP contribution in [0.1, 0.15) is 90.4 Å².